The lowest BCUT2D eigenvalue weighted by Gasteiger charge is -2.20. The summed E-state index contributed by atoms with van der Waals surface area (Å²) in [5.41, 5.74) is 3.01. The zero-order valence-corrected chi connectivity index (χ0v) is 16.7. The molecule has 1 N–H and O–H groups in total. The van der Waals surface area contributed by atoms with Crippen LogP contribution in [0.2, 0.25) is 0 Å². The molecular weight excluding hydrogens is 386 g/mol. The molecule has 7 nitrogen and oxygen atoms in total. The highest BCUT2D eigenvalue weighted by atomic mass is 32.1. The fourth-order valence-electron chi connectivity index (χ4n) is 3.96. The number of rotatable bonds is 5. The number of thiophene rings is 1. The minimum Gasteiger partial charge on any atom is -0.395 e. The quantitative estimate of drug-likeness (QED) is 0.550. The fourth-order valence-corrected chi connectivity index (χ4v) is 5.19. The summed E-state index contributed by atoms with van der Waals surface area (Å²) in [7, 11) is 0. The molecule has 148 valence electrons. The first-order chi connectivity index (χ1) is 14.2. The van der Waals surface area contributed by atoms with Crippen LogP contribution in [0.4, 0.5) is 0 Å². The molecule has 0 atom stereocenters. The van der Waals surface area contributed by atoms with Gasteiger partial charge in [0, 0.05) is 18.0 Å². The number of aryl methyl sites for hydroxylation is 2. The Balaban J connectivity index is 1.54. The van der Waals surface area contributed by atoms with Crippen molar-refractivity contribution in [1.29, 1.82) is 0 Å². The van der Waals surface area contributed by atoms with E-state index in [9.17, 15) is 9.90 Å². The molecule has 1 amide bonds. The van der Waals surface area contributed by atoms with Gasteiger partial charge in [0.15, 0.2) is 5.65 Å². The SMILES string of the molecule is O=C(c1nc2c3c4c(sc3ncn2n1)CCCC4)N(CCO)Cc1ccccc1. The van der Waals surface area contributed by atoms with Crippen LogP contribution < -0.4 is 0 Å². The highest BCUT2D eigenvalue weighted by Gasteiger charge is 2.24. The van der Waals surface area contributed by atoms with Gasteiger partial charge in [-0.15, -0.1) is 16.4 Å². The first-order valence-corrected chi connectivity index (χ1v) is 10.7. The van der Waals surface area contributed by atoms with Gasteiger partial charge >= 0.3 is 0 Å². The molecule has 4 aromatic rings. The highest BCUT2D eigenvalue weighted by Crippen LogP contribution is 2.36. The number of carbonyl (C=O) groups is 1. The van der Waals surface area contributed by atoms with E-state index >= 15 is 0 Å². The number of aliphatic hydroxyl groups excluding tert-OH is 1. The minimum atomic E-state index is -0.288. The Morgan fingerprint density at radius 2 is 2.03 bits per heavy atom. The van der Waals surface area contributed by atoms with Crippen molar-refractivity contribution in [1.82, 2.24) is 24.5 Å². The normalized spacial score (nSPS) is 13.7. The van der Waals surface area contributed by atoms with Crippen LogP contribution in [-0.2, 0) is 19.4 Å². The van der Waals surface area contributed by atoms with E-state index in [0.29, 0.717) is 12.2 Å². The van der Waals surface area contributed by atoms with E-state index < -0.39 is 0 Å². The van der Waals surface area contributed by atoms with Crippen LogP contribution >= 0.6 is 11.3 Å². The maximum atomic E-state index is 13.1. The number of benzene rings is 1. The molecule has 1 aliphatic carbocycles. The van der Waals surface area contributed by atoms with Crippen molar-refractivity contribution < 1.29 is 9.90 Å². The molecule has 0 aliphatic heterocycles. The molecule has 8 heteroatoms. The van der Waals surface area contributed by atoms with Crippen LogP contribution in [0.15, 0.2) is 36.7 Å². The summed E-state index contributed by atoms with van der Waals surface area (Å²) in [6.45, 7) is 0.512. The van der Waals surface area contributed by atoms with Gasteiger partial charge in [-0.05, 0) is 36.8 Å². The summed E-state index contributed by atoms with van der Waals surface area (Å²) in [6.07, 6.45) is 6.13. The molecule has 3 heterocycles. The maximum absolute atomic E-state index is 13.1. The van der Waals surface area contributed by atoms with Gasteiger partial charge < -0.3 is 10.0 Å². The number of fused-ring (bicyclic) bond motifs is 5. The van der Waals surface area contributed by atoms with Gasteiger partial charge in [-0.25, -0.2) is 14.5 Å². The molecule has 0 radical (unpaired) electrons. The Kier molecular flexibility index (Phi) is 4.73. The van der Waals surface area contributed by atoms with E-state index in [2.05, 4.69) is 15.1 Å². The van der Waals surface area contributed by atoms with E-state index in [0.717, 1.165) is 28.6 Å². The van der Waals surface area contributed by atoms with Crippen molar-refractivity contribution in [3.8, 4) is 0 Å². The molecule has 0 saturated carbocycles. The molecule has 1 aliphatic rings. The van der Waals surface area contributed by atoms with Gasteiger partial charge in [-0.3, -0.25) is 4.79 Å². The van der Waals surface area contributed by atoms with Crippen LogP contribution in [0.25, 0.3) is 15.9 Å². The Morgan fingerprint density at radius 1 is 1.21 bits per heavy atom. The van der Waals surface area contributed by atoms with Crippen LogP contribution in [0.1, 0.15) is 39.5 Å². The first-order valence-electron chi connectivity index (χ1n) is 9.84. The summed E-state index contributed by atoms with van der Waals surface area (Å²) < 4.78 is 1.61. The van der Waals surface area contributed by atoms with E-state index in [-0.39, 0.29) is 24.9 Å². The lowest BCUT2D eigenvalue weighted by Crippen LogP contribution is -2.33. The average Bonchev–Trinajstić information content (AvgIpc) is 3.34. The number of hydrogen-bond donors (Lipinski definition) is 1. The van der Waals surface area contributed by atoms with Crippen molar-refractivity contribution >= 4 is 33.1 Å². The fraction of sp³-hybridized carbons (Fsp3) is 0.333. The number of carbonyl (C=O) groups excluding carboxylic acids is 1. The topological polar surface area (TPSA) is 83.6 Å². The van der Waals surface area contributed by atoms with Crippen LogP contribution in [0.5, 0.6) is 0 Å². The highest BCUT2D eigenvalue weighted by molar-refractivity contribution is 7.19. The van der Waals surface area contributed by atoms with Crippen LogP contribution in [-0.4, -0.2) is 48.6 Å². The van der Waals surface area contributed by atoms with Crippen molar-refractivity contribution in [2.45, 2.75) is 32.2 Å². The maximum Gasteiger partial charge on any atom is 0.293 e. The van der Waals surface area contributed by atoms with E-state index in [1.807, 2.05) is 30.3 Å². The Hall–Kier alpha value is -2.84. The number of nitrogens with zero attached hydrogens (tertiary/aromatic N) is 5. The molecule has 0 spiro atoms. The molecule has 3 aromatic heterocycles. The summed E-state index contributed by atoms with van der Waals surface area (Å²) in [5, 5.41) is 14.9. The number of hydrogen-bond acceptors (Lipinski definition) is 6. The second kappa shape index (κ2) is 7.53. The third-order valence-electron chi connectivity index (χ3n) is 5.36. The smallest absolute Gasteiger partial charge is 0.293 e. The predicted octanol–water partition coefficient (Wildman–Crippen LogP) is 2.85. The summed E-state index contributed by atoms with van der Waals surface area (Å²) >= 11 is 1.73. The molecule has 0 saturated heterocycles. The Labute approximate surface area is 171 Å². The molecule has 0 fully saturated rings. The van der Waals surface area contributed by atoms with Gasteiger partial charge in [0.1, 0.15) is 11.2 Å². The largest absolute Gasteiger partial charge is 0.395 e. The number of aromatic nitrogens is 4. The van der Waals surface area contributed by atoms with E-state index in [4.69, 9.17) is 0 Å². The summed E-state index contributed by atoms with van der Waals surface area (Å²) in [4.78, 5) is 26.2. The van der Waals surface area contributed by atoms with Gasteiger partial charge in [0.25, 0.3) is 5.91 Å². The zero-order chi connectivity index (χ0) is 19.8. The van der Waals surface area contributed by atoms with Gasteiger partial charge in [-0.1, -0.05) is 30.3 Å². The van der Waals surface area contributed by atoms with Crippen molar-refractivity contribution in [2.24, 2.45) is 0 Å². The lowest BCUT2D eigenvalue weighted by atomic mass is 9.97. The molecule has 0 unspecified atom stereocenters. The number of amides is 1. The second-order valence-corrected chi connectivity index (χ2v) is 8.36. The lowest BCUT2D eigenvalue weighted by molar-refractivity contribution is 0.0696. The van der Waals surface area contributed by atoms with Gasteiger partial charge in [-0.2, -0.15) is 0 Å². The monoisotopic (exact) mass is 407 g/mol. The van der Waals surface area contributed by atoms with Crippen LogP contribution in [0, 0.1) is 0 Å². The standard InChI is InChI=1S/C21H21N5O2S/c27-11-10-25(12-14-6-2-1-3-7-14)21(28)18-23-19-17-15-8-4-5-9-16(15)29-20(17)22-13-26(19)24-18/h1-3,6-7,13,27H,4-5,8-12H2. The molecular formula is C21H21N5O2S. The van der Waals surface area contributed by atoms with Crippen molar-refractivity contribution in [2.75, 3.05) is 13.2 Å². The van der Waals surface area contributed by atoms with E-state index in [1.165, 1.54) is 23.3 Å². The van der Waals surface area contributed by atoms with Gasteiger partial charge in [0.2, 0.25) is 5.82 Å². The summed E-state index contributed by atoms with van der Waals surface area (Å²) in [5.74, 6) is -0.150. The van der Waals surface area contributed by atoms with E-state index in [1.54, 1.807) is 27.1 Å². The minimum absolute atomic E-state index is 0.115. The second-order valence-electron chi connectivity index (χ2n) is 7.28. The summed E-state index contributed by atoms with van der Waals surface area (Å²) in [6, 6.07) is 9.72. The predicted molar refractivity (Wildman–Crippen MR) is 111 cm³/mol. The third-order valence-corrected chi connectivity index (χ3v) is 6.56. The van der Waals surface area contributed by atoms with Gasteiger partial charge in [0.05, 0.1) is 12.0 Å². The first kappa shape index (κ1) is 18.2. The molecule has 0 bridgehead atoms. The van der Waals surface area contributed by atoms with Crippen molar-refractivity contribution in [3.63, 3.8) is 0 Å². The number of aliphatic hydroxyl groups is 1. The zero-order valence-electron chi connectivity index (χ0n) is 15.9. The van der Waals surface area contributed by atoms with Crippen LogP contribution in [0.3, 0.4) is 0 Å². The molecule has 1 aromatic carbocycles. The third kappa shape index (κ3) is 3.28. The Bertz CT molecular complexity index is 1180. The molecule has 5 rings (SSSR count). The molecule has 29 heavy (non-hydrogen) atoms. The Morgan fingerprint density at radius 3 is 2.86 bits per heavy atom. The average molecular weight is 407 g/mol. The van der Waals surface area contributed by atoms with Crippen molar-refractivity contribution in [3.05, 3.63) is 58.5 Å².